The molecule has 2 rings (SSSR count). The number of aromatic nitrogens is 2. The van der Waals surface area contributed by atoms with Gasteiger partial charge in [0.2, 0.25) is 5.91 Å². The van der Waals surface area contributed by atoms with Crippen molar-refractivity contribution in [3.05, 3.63) is 11.3 Å². The highest BCUT2D eigenvalue weighted by atomic mass is 32.3. The van der Waals surface area contributed by atoms with Gasteiger partial charge in [0.1, 0.15) is 11.6 Å². The van der Waals surface area contributed by atoms with Crippen LogP contribution in [0.3, 0.4) is 0 Å². The monoisotopic (exact) mass is 300 g/mol. The predicted molar refractivity (Wildman–Crippen MR) is 68.0 cm³/mol. The molecule has 0 bridgehead atoms. The zero-order valence-corrected chi connectivity index (χ0v) is 11.8. The van der Waals surface area contributed by atoms with Crippen LogP contribution in [0, 0.1) is 24.2 Å². The second kappa shape index (κ2) is 4.86. The summed E-state index contributed by atoms with van der Waals surface area (Å²) in [6.07, 6.45) is -0.0573. The lowest BCUT2D eigenvalue weighted by molar-refractivity contribution is -0.117. The first-order chi connectivity index (χ1) is 9.23. The number of carbonyl (C=O) groups is 1. The summed E-state index contributed by atoms with van der Waals surface area (Å²) < 4.78 is 35.4. The molecule has 2 heterocycles. The molecule has 1 aromatic heterocycles. The summed E-state index contributed by atoms with van der Waals surface area (Å²) in [6, 6.07) is 1.98. The van der Waals surface area contributed by atoms with E-state index in [1.165, 1.54) is 9.58 Å². The number of hydrogen-bond acceptors (Lipinski definition) is 5. The fourth-order valence-corrected chi connectivity index (χ4v) is 3.25. The zero-order valence-electron chi connectivity index (χ0n) is 11.0. The minimum atomic E-state index is -4.62. The van der Waals surface area contributed by atoms with Crippen LogP contribution in [0.4, 0.5) is 9.70 Å². The highest BCUT2D eigenvalue weighted by molar-refractivity contribution is 7.86. The van der Waals surface area contributed by atoms with E-state index < -0.39 is 21.9 Å². The molecule has 108 valence electrons. The van der Waals surface area contributed by atoms with Gasteiger partial charge in [0.05, 0.1) is 11.4 Å². The molecule has 0 aromatic carbocycles. The largest absolute Gasteiger partial charge is 0.302 e. The maximum atomic E-state index is 12.7. The Morgan fingerprint density at radius 1 is 1.55 bits per heavy atom. The van der Waals surface area contributed by atoms with Gasteiger partial charge in [-0.1, -0.05) is 0 Å². The molecular formula is C11H13FN4O3S. The third-order valence-electron chi connectivity index (χ3n) is 3.20. The van der Waals surface area contributed by atoms with Crippen LogP contribution in [0.25, 0.3) is 0 Å². The maximum absolute atomic E-state index is 12.7. The fourth-order valence-electron chi connectivity index (χ4n) is 2.47. The van der Waals surface area contributed by atoms with Crippen LogP contribution in [-0.2, 0) is 22.1 Å². The van der Waals surface area contributed by atoms with Crippen molar-refractivity contribution in [2.75, 3.05) is 17.2 Å². The van der Waals surface area contributed by atoms with Crippen molar-refractivity contribution in [2.24, 2.45) is 13.0 Å². The Bertz CT molecular complexity index is 704. The van der Waals surface area contributed by atoms with Crippen molar-refractivity contribution in [1.82, 2.24) is 9.78 Å². The van der Waals surface area contributed by atoms with Crippen molar-refractivity contribution in [1.29, 1.82) is 5.26 Å². The lowest BCUT2D eigenvalue weighted by Crippen LogP contribution is -2.28. The second-order valence-corrected chi connectivity index (χ2v) is 6.21. The summed E-state index contributed by atoms with van der Waals surface area (Å²) in [4.78, 5) is 13.3. The number of hydrogen-bond donors (Lipinski definition) is 0. The molecule has 0 aliphatic carbocycles. The Kier molecular flexibility index (Phi) is 3.52. The standard InChI is InChI=1S/C11H13FN4O3S/c1-7-9(4-13)11(15(2)14-7)16-5-8(3-10(16)17)6-20(12,18)19/h8H,3,5-6H2,1-2H3. The summed E-state index contributed by atoms with van der Waals surface area (Å²) in [6.45, 7) is 1.71. The quantitative estimate of drug-likeness (QED) is 0.746. The second-order valence-electron chi connectivity index (χ2n) is 4.80. The van der Waals surface area contributed by atoms with Crippen molar-refractivity contribution in [2.45, 2.75) is 13.3 Å². The molecule has 0 spiro atoms. The molecule has 1 unspecified atom stereocenters. The van der Waals surface area contributed by atoms with Gasteiger partial charge in [-0.05, 0) is 6.92 Å². The van der Waals surface area contributed by atoms with Crippen LogP contribution < -0.4 is 4.90 Å². The van der Waals surface area contributed by atoms with Crippen molar-refractivity contribution < 1.29 is 17.1 Å². The van der Waals surface area contributed by atoms with Crippen LogP contribution in [0.5, 0.6) is 0 Å². The van der Waals surface area contributed by atoms with Crippen LogP contribution in [0.2, 0.25) is 0 Å². The first kappa shape index (κ1) is 14.5. The van der Waals surface area contributed by atoms with Gasteiger partial charge in [-0.15, -0.1) is 3.89 Å². The highest BCUT2D eigenvalue weighted by Crippen LogP contribution is 2.29. The Morgan fingerprint density at radius 3 is 2.75 bits per heavy atom. The fraction of sp³-hybridized carbons (Fsp3) is 0.545. The molecule has 7 nitrogen and oxygen atoms in total. The van der Waals surface area contributed by atoms with E-state index in [4.69, 9.17) is 5.26 Å². The van der Waals surface area contributed by atoms with Gasteiger partial charge in [-0.25, -0.2) is 0 Å². The van der Waals surface area contributed by atoms with E-state index in [-0.39, 0.29) is 24.4 Å². The molecule has 20 heavy (non-hydrogen) atoms. The predicted octanol–water partition coefficient (Wildman–Crippen LogP) is 0.252. The van der Waals surface area contributed by atoms with E-state index in [0.717, 1.165) is 0 Å². The van der Waals surface area contributed by atoms with Crippen molar-refractivity contribution in [3.8, 4) is 6.07 Å². The van der Waals surface area contributed by atoms with Gasteiger partial charge >= 0.3 is 10.2 Å². The van der Waals surface area contributed by atoms with Gasteiger partial charge in [0, 0.05) is 25.9 Å². The number of rotatable bonds is 3. The van der Waals surface area contributed by atoms with E-state index >= 15 is 0 Å². The third-order valence-corrected chi connectivity index (χ3v) is 4.07. The summed E-state index contributed by atoms with van der Waals surface area (Å²) >= 11 is 0. The van der Waals surface area contributed by atoms with E-state index in [2.05, 4.69) is 5.10 Å². The topological polar surface area (TPSA) is 96.1 Å². The lowest BCUT2D eigenvalue weighted by Gasteiger charge is -2.16. The van der Waals surface area contributed by atoms with Gasteiger partial charge < -0.3 is 0 Å². The SMILES string of the molecule is Cc1nn(C)c(N2CC(CS(=O)(=O)F)CC2=O)c1C#N. The molecule has 0 N–H and O–H groups in total. The molecule has 1 aromatic rings. The number of nitriles is 1. The molecular weight excluding hydrogens is 287 g/mol. The van der Waals surface area contributed by atoms with Crippen LogP contribution in [0.1, 0.15) is 17.7 Å². The number of halogens is 1. The van der Waals surface area contributed by atoms with Crippen LogP contribution in [-0.4, -0.2) is 36.4 Å². The number of carbonyl (C=O) groups excluding carboxylic acids is 1. The molecule has 1 saturated heterocycles. The summed E-state index contributed by atoms with van der Waals surface area (Å²) in [5.74, 6) is -1.31. The molecule has 1 aliphatic heterocycles. The molecule has 1 atom stereocenters. The van der Waals surface area contributed by atoms with Gasteiger partial charge in [0.15, 0.2) is 5.82 Å². The van der Waals surface area contributed by atoms with Crippen molar-refractivity contribution >= 4 is 21.9 Å². The minimum absolute atomic E-state index is 0.0573. The zero-order chi connectivity index (χ0) is 15.1. The molecule has 1 aliphatic rings. The highest BCUT2D eigenvalue weighted by Gasteiger charge is 2.36. The van der Waals surface area contributed by atoms with E-state index in [1.54, 1.807) is 14.0 Å². The van der Waals surface area contributed by atoms with Gasteiger partial charge in [0.25, 0.3) is 0 Å². The minimum Gasteiger partial charge on any atom is -0.296 e. The van der Waals surface area contributed by atoms with Crippen LogP contribution >= 0.6 is 0 Å². The third kappa shape index (κ3) is 2.65. The molecule has 9 heteroatoms. The van der Waals surface area contributed by atoms with E-state index in [1.807, 2.05) is 6.07 Å². The van der Waals surface area contributed by atoms with Gasteiger partial charge in [-0.2, -0.15) is 18.8 Å². The number of aryl methyl sites for hydroxylation is 2. The summed E-state index contributed by atoms with van der Waals surface area (Å²) in [7, 11) is -3.03. The molecule has 0 saturated carbocycles. The lowest BCUT2D eigenvalue weighted by atomic mass is 10.1. The Hall–Kier alpha value is -1.95. The average molecular weight is 300 g/mol. The Labute approximate surface area is 115 Å². The Balaban J connectivity index is 2.32. The first-order valence-electron chi connectivity index (χ1n) is 5.89. The maximum Gasteiger partial charge on any atom is 0.302 e. The normalized spacial score (nSPS) is 19.4. The smallest absolute Gasteiger partial charge is 0.296 e. The molecule has 1 fully saturated rings. The summed E-state index contributed by atoms with van der Waals surface area (Å²) in [5, 5.41) is 13.2. The van der Waals surface area contributed by atoms with Crippen LogP contribution in [0.15, 0.2) is 0 Å². The molecule has 1 amide bonds. The number of anilines is 1. The Morgan fingerprint density at radius 2 is 2.20 bits per heavy atom. The van der Waals surface area contributed by atoms with Gasteiger partial charge in [-0.3, -0.25) is 14.4 Å². The average Bonchev–Trinajstić information content (AvgIpc) is 2.76. The number of nitrogens with zero attached hydrogens (tertiary/aromatic N) is 4. The summed E-state index contributed by atoms with van der Waals surface area (Å²) in [5.41, 5.74) is 0.754. The molecule has 0 radical (unpaired) electrons. The number of amides is 1. The first-order valence-corrected chi connectivity index (χ1v) is 7.44. The van der Waals surface area contributed by atoms with E-state index in [0.29, 0.717) is 11.5 Å². The van der Waals surface area contributed by atoms with E-state index in [9.17, 15) is 17.1 Å². The van der Waals surface area contributed by atoms with Crippen molar-refractivity contribution in [3.63, 3.8) is 0 Å².